The lowest BCUT2D eigenvalue weighted by Gasteiger charge is -2.48. The number of nitrogens with zero attached hydrogens (tertiary/aromatic N) is 3. The van der Waals surface area contributed by atoms with Gasteiger partial charge in [0.2, 0.25) is 0 Å². The summed E-state index contributed by atoms with van der Waals surface area (Å²) in [4.78, 5) is 32.8. The van der Waals surface area contributed by atoms with Gasteiger partial charge in [0.1, 0.15) is 18.1 Å². The first-order chi connectivity index (χ1) is 39.6. The number of hydrogen-bond acceptors (Lipinski definition) is 19. The Morgan fingerprint density at radius 3 is 1.71 bits per heavy atom. The van der Waals surface area contributed by atoms with Gasteiger partial charge in [-0.25, -0.2) is 0 Å². The van der Waals surface area contributed by atoms with E-state index in [-0.39, 0.29) is 31.6 Å². The fourth-order valence-electron chi connectivity index (χ4n) is 12.1. The number of likely N-dealkylation sites (tertiary alicyclic amines) is 2. The van der Waals surface area contributed by atoms with Crippen molar-refractivity contribution in [2.24, 2.45) is 17.8 Å². The molecule has 19 atom stereocenters. The molecule has 4 saturated heterocycles. The van der Waals surface area contributed by atoms with Gasteiger partial charge in [-0.2, -0.15) is 0 Å². The molecule has 5 heterocycles. The lowest BCUT2D eigenvalue weighted by atomic mass is 9.82. The van der Waals surface area contributed by atoms with Gasteiger partial charge in [-0.15, -0.1) is 0 Å². The van der Waals surface area contributed by atoms with Crippen molar-refractivity contribution in [1.29, 1.82) is 0 Å². The summed E-state index contributed by atoms with van der Waals surface area (Å²) in [5.41, 5.74) is 0. The second-order valence-electron chi connectivity index (χ2n) is 24.0. The Morgan fingerprint density at radius 1 is 0.614 bits per heavy atom. The van der Waals surface area contributed by atoms with Gasteiger partial charge >= 0.3 is 11.9 Å². The maximum atomic E-state index is 12.9. The van der Waals surface area contributed by atoms with Crippen molar-refractivity contribution in [1.82, 2.24) is 14.7 Å². The first-order valence-electron chi connectivity index (χ1n) is 30.8. The van der Waals surface area contributed by atoms with Crippen molar-refractivity contribution < 1.29 is 84.7 Å². The molecular formula is C63H103N3O17. The summed E-state index contributed by atoms with van der Waals surface area (Å²) in [6, 6.07) is -0.785. The van der Waals surface area contributed by atoms with Crippen LogP contribution in [-0.4, -0.2) is 233 Å². The van der Waals surface area contributed by atoms with Crippen molar-refractivity contribution in [3.05, 3.63) is 85.1 Å². The molecule has 5 aliphatic heterocycles. The number of carbonyl (C=O) groups is 2. The van der Waals surface area contributed by atoms with Crippen LogP contribution in [0.15, 0.2) is 85.1 Å². The fourth-order valence-corrected chi connectivity index (χ4v) is 12.1. The van der Waals surface area contributed by atoms with Crippen LogP contribution in [0.25, 0.3) is 0 Å². The van der Waals surface area contributed by atoms with E-state index in [1.54, 1.807) is 51.2 Å². The van der Waals surface area contributed by atoms with Crippen LogP contribution in [0.5, 0.6) is 0 Å². The molecule has 20 nitrogen and oxygen atoms in total. The van der Waals surface area contributed by atoms with E-state index in [4.69, 9.17) is 18.9 Å². The highest BCUT2D eigenvalue weighted by molar-refractivity contribution is 5.71. The minimum atomic E-state index is -2.33. The van der Waals surface area contributed by atoms with Crippen molar-refractivity contribution in [2.45, 2.75) is 228 Å². The minimum Gasteiger partial charge on any atom is -0.481 e. The summed E-state index contributed by atoms with van der Waals surface area (Å²) in [5, 5.41) is 123. The number of ether oxygens (including phenoxy) is 4. The average Bonchev–Trinajstić information content (AvgIpc) is 3.47. The summed E-state index contributed by atoms with van der Waals surface area (Å²) in [6.45, 7) is 14.2. The molecule has 0 radical (unpaired) electrons. The van der Waals surface area contributed by atoms with Gasteiger partial charge in [0.15, 0.2) is 12.1 Å². The van der Waals surface area contributed by atoms with E-state index in [9.17, 15) is 65.8 Å². The molecular weight excluding hydrogens is 1070 g/mol. The summed E-state index contributed by atoms with van der Waals surface area (Å²) in [7, 11) is 0. The standard InChI is InChI=1S/C63H103N3O17/c1-43-25-17-13-11-9-7-5-6-8-10-12-14-18-26-50(82-62-60(76)57(59(75)46(4)81-62)66(35-23-33-64-29-19-15-20-30-64)36-24-34-65-31-21-16-22-32-65)40-54-56(61(77)78)53(72)42-63(79,83-54)41-49(69)38-52(71)51(70)28-27-47(67)37-48(68)39-55(73)80-45(3)44(2)58(43)74/h5-14,17-18,25-26,43-54,56-60,62,67-72,74-76,79H,15-16,19-24,27-42H2,1-4H3,(H,77,78)/b6-5+,9-7+,10-8+,13-11+,14-12+,25-17+,26-18+/t43-,44-,45-,46-,47+,48+,49-,50-,51+,52+,53-,54-,56+,57-,58+,59+,60-,62-,63+/m0/s1. The van der Waals surface area contributed by atoms with Gasteiger partial charge in [0, 0.05) is 37.5 Å². The number of carboxylic acid groups (broad SMARTS) is 1. The van der Waals surface area contributed by atoms with Crippen LogP contribution in [0.1, 0.15) is 130 Å². The monoisotopic (exact) mass is 1170 g/mol. The van der Waals surface area contributed by atoms with Gasteiger partial charge in [0.25, 0.3) is 0 Å². The topological polar surface area (TPSA) is 303 Å². The van der Waals surface area contributed by atoms with Crippen molar-refractivity contribution >= 4 is 11.9 Å². The zero-order valence-electron chi connectivity index (χ0n) is 49.7. The Balaban J connectivity index is 1.39. The number of aliphatic carboxylic acids is 1. The normalized spacial score (nSPS) is 41.0. The molecule has 4 fully saturated rings. The molecule has 0 aliphatic carbocycles. The van der Waals surface area contributed by atoms with Gasteiger partial charge < -0.3 is 84.9 Å². The molecule has 0 saturated carbocycles. The molecule has 2 bridgehead atoms. The lowest BCUT2D eigenvalue weighted by molar-refractivity contribution is -0.312. The van der Waals surface area contributed by atoms with E-state index < -0.39 is 147 Å². The van der Waals surface area contributed by atoms with Crippen LogP contribution in [0.3, 0.4) is 0 Å². The summed E-state index contributed by atoms with van der Waals surface area (Å²) >= 11 is 0. The van der Waals surface area contributed by atoms with Crippen LogP contribution in [0.4, 0.5) is 0 Å². The van der Waals surface area contributed by atoms with E-state index in [1.807, 2.05) is 61.6 Å². The molecule has 0 aromatic rings. The molecule has 83 heavy (non-hydrogen) atoms. The highest BCUT2D eigenvalue weighted by Crippen LogP contribution is 2.39. The Kier molecular flexibility index (Phi) is 31.0. The minimum absolute atomic E-state index is 0.102. The fraction of sp³-hybridized carbons (Fsp3) is 0.746. The largest absolute Gasteiger partial charge is 0.481 e. The molecule has 472 valence electrons. The van der Waals surface area contributed by atoms with Crippen LogP contribution in [-0.2, 0) is 28.5 Å². The first-order valence-corrected chi connectivity index (χ1v) is 30.8. The molecule has 0 amide bonds. The molecule has 11 N–H and O–H groups in total. The third kappa shape index (κ3) is 24.3. The van der Waals surface area contributed by atoms with E-state index >= 15 is 0 Å². The second kappa shape index (κ2) is 36.6. The molecule has 0 unspecified atom stereocenters. The SMILES string of the molecule is C[C@@H]1[C@H](O)[C@@H](C)/C=C/C=C/C=C/C=C/C=C/C=C/C=C/[C@H](O[C@@H]2O[C@@H](C)[C@@H](O)[C@H](N(CCCN3CCCCC3)CCCN3CCCCC3)[C@@H]2O)C[C@@H]2O[C@](O)(C[C@@H](O)C[C@@H](O)[C@H](O)CC[C@@H](O)C[C@@H](O)CC(=O)O[C@H]1C)C[C@H](O)[C@H]2C(=O)O. The smallest absolute Gasteiger partial charge is 0.311 e. The quantitative estimate of drug-likeness (QED) is 0.124. The lowest BCUT2D eigenvalue weighted by Crippen LogP contribution is -2.64. The van der Waals surface area contributed by atoms with Crippen molar-refractivity contribution in [3.63, 3.8) is 0 Å². The van der Waals surface area contributed by atoms with Gasteiger partial charge in [-0.3, -0.25) is 14.5 Å². The van der Waals surface area contributed by atoms with E-state index in [1.165, 1.54) is 12.8 Å². The third-order valence-electron chi connectivity index (χ3n) is 17.1. The Labute approximate surface area is 492 Å². The van der Waals surface area contributed by atoms with Gasteiger partial charge in [-0.1, -0.05) is 112 Å². The number of aliphatic hydroxyl groups excluding tert-OH is 9. The number of hydrogen-bond donors (Lipinski definition) is 11. The number of esters is 1. The molecule has 5 aliphatic rings. The molecule has 5 rings (SSSR count). The number of rotatable bonds is 12. The Hall–Kier alpha value is -3.52. The molecule has 20 heteroatoms. The number of carbonyl (C=O) groups excluding carboxylic acids is 1. The van der Waals surface area contributed by atoms with Crippen molar-refractivity contribution in [3.8, 4) is 0 Å². The summed E-state index contributed by atoms with van der Waals surface area (Å²) in [6.07, 6.45) is 13.3. The average molecular weight is 1170 g/mol. The van der Waals surface area contributed by atoms with Crippen LogP contribution >= 0.6 is 0 Å². The number of piperidine rings is 2. The Bertz CT molecular complexity index is 2070. The first kappa shape index (κ1) is 70.2. The number of carboxylic acids is 1. The maximum Gasteiger partial charge on any atom is 0.311 e. The van der Waals surface area contributed by atoms with Crippen LogP contribution in [0.2, 0.25) is 0 Å². The van der Waals surface area contributed by atoms with Gasteiger partial charge in [-0.05, 0) is 124 Å². The van der Waals surface area contributed by atoms with Crippen LogP contribution < -0.4 is 0 Å². The second-order valence-corrected chi connectivity index (χ2v) is 24.0. The van der Waals surface area contributed by atoms with Crippen molar-refractivity contribution in [2.75, 3.05) is 52.4 Å². The number of allylic oxidation sites excluding steroid dienone is 12. The Morgan fingerprint density at radius 2 is 1.16 bits per heavy atom. The highest BCUT2D eigenvalue weighted by Gasteiger charge is 2.52. The molecule has 0 aromatic carbocycles. The van der Waals surface area contributed by atoms with E-state index in [0.29, 0.717) is 13.1 Å². The van der Waals surface area contributed by atoms with E-state index in [2.05, 4.69) is 14.7 Å². The highest BCUT2D eigenvalue weighted by atomic mass is 16.7. The number of aliphatic hydroxyl groups is 10. The number of cyclic esters (lactones) is 1. The van der Waals surface area contributed by atoms with Gasteiger partial charge in [0.05, 0.1) is 79.6 Å². The predicted molar refractivity (Wildman–Crippen MR) is 314 cm³/mol. The third-order valence-corrected chi connectivity index (χ3v) is 17.1. The molecule has 0 spiro atoms. The predicted octanol–water partition coefficient (Wildman–Crippen LogP) is 3.81. The summed E-state index contributed by atoms with van der Waals surface area (Å²) < 4.78 is 24.5. The number of fused-ring (bicyclic) bond motifs is 2. The summed E-state index contributed by atoms with van der Waals surface area (Å²) in [5.74, 6) is -6.80. The zero-order chi connectivity index (χ0) is 60.5. The van der Waals surface area contributed by atoms with E-state index in [0.717, 1.165) is 77.8 Å². The van der Waals surface area contributed by atoms with Crippen LogP contribution in [0, 0.1) is 17.8 Å². The molecule has 0 aromatic heterocycles. The zero-order valence-corrected chi connectivity index (χ0v) is 49.7. The maximum absolute atomic E-state index is 12.9.